The van der Waals surface area contributed by atoms with Gasteiger partial charge in [0, 0.05) is 24.0 Å². The average molecular weight is 715 g/mol. The van der Waals surface area contributed by atoms with Crippen LogP contribution in [0.1, 0.15) is 98.6 Å². The third kappa shape index (κ3) is 7.23. The fraction of sp³-hybridized carbons (Fsp3) is 0.500. The van der Waals surface area contributed by atoms with E-state index in [1.165, 1.54) is 33.4 Å². The van der Waals surface area contributed by atoms with Gasteiger partial charge in [-0.1, -0.05) is 72.8 Å². The molecule has 0 saturated heterocycles. The number of fused-ring (bicyclic) bond motifs is 6. The van der Waals surface area contributed by atoms with Gasteiger partial charge in [-0.15, -0.1) is 0 Å². The first-order valence-electron chi connectivity index (χ1n) is 20.4. The van der Waals surface area contributed by atoms with Crippen molar-refractivity contribution < 1.29 is 24.4 Å². The third-order valence-corrected chi connectivity index (χ3v) is 13.7. The summed E-state index contributed by atoms with van der Waals surface area (Å²) in [6, 6.07) is 35.5. The van der Waals surface area contributed by atoms with E-state index in [1.807, 2.05) is 13.8 Å². The molecule has 4 aromatic rings. The lowest BCUT2D eigenvalue weighted by Gasteiger charge is -2.53. The summed E-state index contributed by atoms with van der Waals surface area (Å²) in [6.45, 7) is 6.12. The van der Waals surface area contributed by atoms with Crippen LogP contribution in [0.15, 0.2) is 97.1 Å². The van der Waals surface area contributed by atoms with Gasteiger partial charge in [0.1, 0.15) is 11.5 Å². The Morgan fingerprint density at radius 3 is 1.42 bits per heavy atom. The van der Waals surface area contributed by atoms with Gasteiger partial charge in [0.25, 0.3) is 0 Å². The molecule has 53 heavy (non-hydrogen) atoms. The quantitative estimate of drug-likeness (QED) is 0.153. The topological polar surface area (TPSA) is 68.2 Å². The fourth-order valence-corrected chi connectivity index (χ4v) is 11.2. The summed E-state index contributed by atoms with van der Waals surface area (Å²) in [5.41, 5.74) is 6.81. The summed E-state index contributed by atoms with van der Waals surface area (Å²) < 4.78 is 18.3. The van der Waals surface area contributed by atoms with Gasteiger partial charge in [0.15, 0.2) is 0 Å². The highest BCUT2D eigenvalue weighted by atomic mass is 16.5. The van der Waals surface area contributed by atoms with E-state index in [0.717, 1.165) is 88.5 Å². The normalized spacial score (nSPS) is 30.4. The lowest BCUT2D eigenvalue weighted by atomic mass is 9.52. The molecule has 5 heteroatoms. The van der Waals surface area contributed by atoms with Crippen molar-refractivity contribution >= 4 is 0 Å². The first-order valence-corrected chi connectivity index (χ1v) is 20.4. The molecule has 0 bridgehead atoms. The lowest BCUT2D eigenvalue weighted by molar-refractivity contribution is -0.0991. The molecule has 0 spiro atoms. The van der Waals surface area contributed by atoms with Crippen molar-refractivity contribution in [2.45, 2.75) is 113 Å². The Hall–Kier alpha value is -3.48. The van der Waals surface area contributed by atoms with Crippen LogP contribution in [0.5, 0.6) is 11.5 Å². The molecule has 2 saturated carbocycles. The summed E-state index contributed by atoms with van der Waals surface area (Å²) in [6.07, 6.45) is 11.0. The van der Waals surface area contributed by atoms with Crippen molar-refractivity contribution in [3.63, 3.8) is 0 Å². The van der Waals surface area contributed by atoms with E-state index >= 15 is 0 Å². The van der Waals surface area contributed by atoms with E-state index < -0.39 is 11.2 Å². The molecular formula is C48H58O5. The predicted molar refractivity (Wildman–Crippen MR) is 211 cm³/mol. The number of ether oxygens (including phenoxy) is 3. The fourth-order valence-electron chi connectivity index (χ4n) is 11.2. The Morgan fingerprint density at radius 2 is 1.00 bits per heavy atom. The van der Waals surface area contributed by atoms with E-state index in [1.54, 1.807) is 0 Å². The Morgan fingerprint density at radius 1 is 0.566 bits per heavy atom. The van der Waals surface area contributed by atoms with Crippen LogP contribution in [0.25, 0.3) is 0 Å². The van der Waals surface area contributed by atoms with E-state index in [2.05, 4.69) is 97.1 Å². The molecule has 4 aromatic carbocycles. The molecular weight excluding hydrogens is 657 g/mol. The highest BCUT2D eigenvalue weighted by Crippen LogP contribution is 2.56. The van der Waals surface area contributed by atoms with Crippen molar-refractivity contribution in [1.29, 1.82) is 0 Å². The molecule has 280 valence electrons. The highest BCUT2D eigenvalue weighted by molar-refractivity contribution is 5.49. The number of aliphatic hydroxyl groups is 2. The molecule has 8 rings (SSSR count). The zero-order valence-corrected chi connectivity index (χ0v) is 31.8. The van der Waals surface area contributed by atoms with Gasteiger partial charge in [-0.2, -0.15) is 0 Å². The molecule has 0 amide bonds. The Balaban J connectivity index is 1.07. The number of benzene rings is 4. The standard InChI is InChI=1S/C48H58O5/c1-3-51-33-45(49)23-25-47(29-35-11-7-5-8-12-35)39(31-45)17-15-37-27-41(19-21-43(37)47)53-42-20-22-44-38(28-42)16-18-40-32-46(50,34-52-4-2)24-26-48(40,44)30-36-13-9-6-10-14-36/h5-14,19-22,27-28,39-40,49-50H,3-4,15-18,23-26,29-34H2,1-2H3. The second-order valence-corrected chi connectivity index (χ2v) is 17.0. The molecule has 4 aliphatic carbocycles. The maximum absolute atomic E-state index is 11.6. The van der Waals surface area contributed by atoms with Gasteiger partial charge in [-0.25, -0.2) is 0 Å². The van der Waals surface area contributed by atoms with Gasteiger partial charge >= 0.3 is 0 Å². The van der Waals surface area contributed by atoms with E-state index in [4.69, 9.17) is 14.2 Å². The van der Waals surface area contributed by atoms with Crippen molar-refractivity contribution in [2.75, 3.05) is 26.4 Å². The minimum atomic E-state index is -0.754. The van der Waals surface area contributed by atoms with Crippen LogP contribution >= 0.6 is 0 Å². The highest BCUT2D eigenvalue weighted by Gasteiger charge is 2.53. The van der Waals surface area contributed by atoms with Gasteiger partial charge in [-0.3, -0.25) is 0 Å². The van der Waals surface area contributed by atoms with Crippen LogP contribution in [0, 0.1) is 11.8 Å². The second kappa shape index (κ2) is 15.0. The van der Waals surface area contributed by atoms with Crippen LogP contribution in [0.4, 0.5) is 0 Å². The van der Waals surface area contributed by atoms with Crippen LogP contribution in [0.2, 0.25) is 0 Å². The van der Waals surface area contributed by atoms with Crippen LogP contribution in [0.3, 0.4) is 0 Å². The Kier molecular flexibility index (Phi) is 10.3. The Bertz CT molecular complexity index is 1720. The van der Waals surface area contributed by atoms with Crippen molar-refractivity contribution in [2.24, 2.45) is 11.8 Å². The SMILES string of the molecule is CCOCC1(O)CCC2(Cc3ccccc3)c3ccc(Oc4ccc5c(c4)CCC4CC(O)(COCC)CCC54Cc4ccccc4)cc3CCC2C1. The molecule has 2 N–H and O–H groups in total. The molecule has 0 aliphatic heterocycles. The summed E-state index contributed by atoms with van der Waals surface area (Å²) in [5, 5.41) is 23.2. The molecule has 5 nitrogen and oxygen atoms in total. The summed E-state index contributed by atoms with van der Waals surface area (Å²) in [7, 11) is 0. The van der Waals surface area contributed by atoms with E-state index in [-0.39, 0.29) is 10.8 Å². The zero-order chi connectivity index (χ0) is 36.5. The molecule has 6 atom stereocenters. The number of rotatable bonds is 12. The largest absolute Gasteiger partial charge is 0.457 e. The van der Waals surface area contributed by atoms with Crippen molar-refractivity contribution in [1.82, 2.24) is 0 Å². The smallest absolute Gasteiger partial charge is 0.127 e. The zero-order valence-electron chi connectivity index (χ0n) is 31.8. The Labute approximate surface area is 316 Å². The van der Waals surface area contributed by atoms with Crippen molar-refractivity contribution in [3.8, 4) is 11.5 Å². The first kappa shape index (κ1) is 36.5. The maximum atomic E-state index is 11.6. The predicted octanol–water partition coefficient (Wildman–Crippen LogP) is 9.47. The van der Waals surface area contributed by atoms with Crippen molar-refractivity contribution in [3.05, 3.63) is 130 Å². The third-order valence-electron chi connectivity index (χ3n) is 13.7. The first-order chi connectivity index (χ1) is 25.8. The monoisotopic (exact) mass is 714 g/mol. The number of hydrogen-bond acceptors (Lipinski definition) is 5. The molecule has 2 fully saturated rings. The maximum Gasteiger partial charge on any atom is 0.127 e. The molecule has 6 unspecified atom stereocenters. The van der Waals surface area contributed by atoms with Gasteiger partial charge in [-0.05, 0) is 160 Å². The summed E-state index contributed by atoms with van der Waals surface area (Å²) in [5.74, 6) is 2.58. The van der Waals surface area contributed by atoms with Crippen LogP contribution in [-0.4, -0.2) is 47.8 Å². The average Bonchev–Trinajstić information content (AvgIpc) is 3.18. The minimum Gasteiger partial charge on any atom is -0.457 e. The number of hydrogen-bond donors (Lipinski definition) is 2. The molecule has 0 heterocycles. The van der Waals surface area contributed by atoms with Crippen LogP contribution in [-0.2, 0) is 46.0 Å². The second-order valence-electron chi connectivity index (χ2n) is 17.0. The van der Waals surface area contributed by atoms with Gasteiger partial charge < -0.3 is 24.4 Å². The van der Waals surface area contributed by atoms with Crippen LogP contribution < -0.4 is 4.74 Å². The van der Waals surface area contributed by atoms with E-state index in [9.17, 15) is 10.2 Å². The van der Waals surface area contributed by atoms with Gasteiger partial charge in [0.05, 0.1) is 24.4 Å². The molecule has 4 aliphatic rings. The molecule has 0 aromatic heterocycles. The molecule has 0 radical (unpaired) electrons. The minimum absolute atomic E-state index is 0.0177. The number of aryl methyl sites for hydroxylation is 2. The summed E-state index contributed by atoms with van der Waals surface area (Å²) >= 11 is 0. The van der Waals surface area contributed by atoms with Gasteiger partial charge in [0.2, 0.25) is 0 Å². The lowest BCUT2D eigenvalue weighted by Crippen LogP contribution is -2.52. The summed E-state index contributed by atoms with van der Waals surface area (Å²) in [4.78, 5) is 0. The van der Waals surface area contributed by atoms with E-state index in [0.29, 0.717) is 38.3 Å².